The molecule has 2 aromatic carbocycles. The maximum absolute atomic E-state index is 14.3. The van der Waals surface area contributed by atoms with Crippen LogP contribution in [0.2, 0.25) is 0 Å². The Morgan fingerprint density at radius 2 is 1.86 bits per heavy atom. The van der Waals surface area contributed by atoms with E-state index in [0.717, 1.165) is 15.8 Å². The Balaban J connectivity index is 1.96. The predicted molar refractivity (Wildman–Crippen MR) is 106 cm³/mol. The molecule has 148 valence electrons. The van der Waals surface area contributed by atoms with Gasteiger partial charge < -0.3 is 9.26 Å². The van der Waals surface area contributed by atoms with Gasteiger partial charge in [-0.25, -0.2) is 17.1 Å². The van der Waals surface area contributed by atoms with Gasteiger partial charge in [-0.15, -0.1) is 0 Å². The Hall–Kier alpha value is -3.05. The van der Waals surface area contributed by atoms with Gasteiger partial charge in [0.2, 0.25) is 0 Å². The summed E-state index contributed by atoms with van der Waals surface area (Å²) >= 11 is 3.07. The molecule has 0 amide bonds. The normalized spacial score (nSPS) is 11.6. The van der Waals surface area contributed by atoms with Crippen molar-refractivity contribution in [2.45, 2.75) is 4.90 Å². The number of hydrogen-bond acceptors (Lipinski definition) is 7. The number of methoxy groups -OCH3 is 1. The third-order valence-electron chi connectivity index (χ3n) is 4.13. The van der Waals surface area contributed by atoms with Gasteiger partial charge in [-0.3, -0.25) is 0 Å². The largest absolute Gasteiger partial charge is 0.494 e. The monoisotopic (exact) mass is 478 g/mol. The van der Waals surface area contributed by atoms with E-state index in [-0.39, 0.29) is 26.6 Å². The molecule has 4 aromatic rings. The fourth-order valence-electron chi connectivity index (χ4n) is 2.77. The van der Waals surface area contributed by atoms with Crippen LogP contribution in [0, 0.1) is 5.82 Å². The molecule has 0 fully saturated rings. The number of benzene rings is 2. The lowest BCUT2D eigenvalue weighted by atomic mass is 10.2. The van der Waals surface area contributed by atoms with Crippen LogP contribution in [-0.2, 0) is 10.0 Å². The number of rotatable bonds is 5. The molecule has 2 aromatic heterocycles. The SMILES string of the molecule is COc1cc(Br)c(F)cc1N(c1ccon1)S(=O)(=O)c1ccc2cnncc2c1. The molecule has 29 heavy (non-hydrogen) atoms. The Labute approximate surface area is 173 Å². The Kier molecular flexibility index (Phi) is 4.92. The van der Waals surface area contributed by atoms with E-state index < -0.39 is 15.8 Å². The average molecular weight is 479 g/mol. The highest BCUT2D eigenvalue weighted by molar-refractivity contribution is 9.10. The number of fused-ring (bicyclic) bond motifs is 1. The van der Waals surface area contributed by atoms with Crippen molar-refractivity contribution in [2.75, 3.05) is 11.4 Å². The quantitative estimate of drug-likeness (QED) is 0.426. The van der Waals surface area contributed by atoms with Crippen LogP contribution < -0.4 is 9.04 Å². The smallest absolute Gasteiger partial charge is 0.270 e. The number of hydrogen-bond donors (Lipinski definition) is 0. The molecular weight excluding hydrogens is 467 g/mol. The van der Waals surface area contributed by atoms with E-state index in [0.29, 0.717) is 5.39 Å². The highest BCUT2D eigenvalue weighted by Gasteiger charge is 2.32. The molecule has 0 aliphatic carbocycles. The molecule has 0 bridgehead atoms. The van der Waals surface area contributed by atoms with Gasteiger partial charge in [-0.1, -0.05) is 11.2 Å². The van der Waals surface area contributed by atoms with Gasteiger partial charge in [0, 0.05) is 22.9 Å². The van der Waals surface area contributed by atoms with Crippen LogP contribution in [0.15, 0.2) is 68.9 Å². The van der Waals surface area contributed by atoms with Crippen LogP contribution in [0.25, 0.3) is 10.8 Å². The van der Waals surface area contributed by atoms with Crippen molar-refractivity contribution >= 4 is 48.2 Å². The molecular formula is C18H12BrFN4O4S. The lowest BCUT2D eigenvalue weighted by Gasteiger charge is -2.24. The molecule has 8 nitrogen and oxygen atoms in total. The summed E-state index contributed by atoms with van der Waals surface area (Å²) in [5.41, 5.74) is -0.0601. The zero-order valence-electron chi connectivity index (χ0n) is 14.8. The first kappa shape index (κ1) is 19.3. The molecule has 0 N–H and O–H groups in total. The van der Waals surface area contributed by atoms with E-state index in [1.54, 1.807) is 6.07 Å². The third-order valence-corrected chi connectivity index (χ3v) is 6.45. The molecule has 0 spiro atoms. The average Bonchev–Trinajstić information content (AvgIpc) is 3.24. The summed E-state index contributed by atoms with van der Waals surface area (Å²) in [6, 6.07) is 8.22. The van der Waals surface area contributed by atoms with Gasteiger partial charge in [0.1, 0.15) is 23.5 Å². The molecule has 0 aliphatic heterocycles. The lowest BCUT2D eigenvalue weighted by molar-refractivity contribution is 0.412. The minimum Gasteiger partial charge on any atom is -0.494 e. The minimum absolute atomic E-state index is 0.0496. The summed E-state index contributed by atoms with van der Waals surface area (Å²) in [6.07, 6.45) is 4.19. The summed E-state index contributed by atoms with van der Waals surface area (Å²) in [6.45, 7) is 0. The number of sulfonamides is 1. The standard InChI is InChI=1S/C18H12BrFN4O4S/c1-27-17-7-14(19)15(20)8-16(17)24(18-4-5-28-23-18)29(25,26)13-3-2-11-9-21-22-10-12(11)6-13/h2-10H,1H3. The van der Waals surface area contributed by atoms with Crippen molar-refractivity contribution in [2.24, 2.45) is 0 Å². The van der Waals surface area contributed by atoms with E-state index in [4.69, 9.17) is 9.26 Å². The van der Waals surface area contributed by atoms with Gasteiger partial charge in [0.15, 0.2) is 5.82 Å². The van der Waals surface area contributed by atoms with Gasteiger partial charge in [0.25, 0.3) is 10.0 Å². The minimum atomic E-state index is -4.23. The Morgan fingerprint density at radius 1 is 1.10 bits per heavy atom. The molecule has 0 aliphatic rings. The third kappa shape index (κ3) is 3.42. The number of nitrogens with zero attached hydrogens (tertiary/aromatic N) is 4. The van der Waals surface area contributed by atoms with Crippen LogP contribution in [0.5, 0.6) is 5.75 Å². The van der Waals surface area contributed by atoms with E-state index >= 15 is 0 Å². The second-order valence-corrected chi connectivity index (χ2v) is 8.49. The van der Waals surface area contributed by atoms with Gasteiger partial charge in [-0.05, 0) is 34.1 Å². The zero-order chi connectivity index (χ0) is 20.6. The van der Waals surface area contributed by atoms with Gasteiger partial charge >= 0.3 is 0 Å². The number of anilines is 2. The topological polar surface area (TPSA) is 98.4 Å². The van der Waals surface area contributed by atoms with Crippen molar-refractivity contribution in [1.82, 2.24) is 15.4 Å². The summed E-state index contributed by atoms with van der Waals surface area (Å²) < 4.78 is 52.5. The van der Waals surface area contributed by atoms with E-state index in [1.807, 2.05) is 0 Å². The van der Waals surface area contributed by atoms with E-state index in [1.165, 1.54) is 50.0 Å². The van der Waals surface area contributed by atoms with Crippen LogP contribution in [0.1, 0.15) is 0 Å². The Bertz CT molecular complexity index is 1300. The highest BCUT2D eigenvalue weighted by atomic mass is 79.9. The highest BCUT2D eigenvalue weighted by Crippen LogP contribution is 2.40. The number of aromatic nitrogens is 3. The molecule has 0 atom stereocenters. The predicted octanol–water partition coefficient (Wildman–Crippen LogP) is 4.06. The maximum atomic E-state index is 14.3. The van der Waals surface area contributed by atoms with Crippen molar-refractivity contribution < 1.29 is 22.1 Å². The van der Waals surface area contributed by atoms with Crippen molar-refractivity contribution in [3.8, 4) is 5.75 Å². The molecule has 4 rings (SSSR count). The first-order chi connectivity index (χ1) is 13.9. The van der Waals surface area contributed by atoms with Crippen LogP contribution in [0.4, 0.5) is 15.9 Å². The van der Waals surface area contributed by atoms with Crippen molar-refractivity contribution in [1.29, 1.82) is 0 Å². The molecule has 2 heterocycles. The van der Waals surface area contributed by atoms with Gasteiger partial charge in [-0.2, -0.15) is 10.2 Å². The van der Waals surface area contributed by atoms with Crippen LogP contribution >= 0.6 is 15.9 Å². The Morgan fingerprint density at radius 3 is 2.55 bits per heavy atom. The van der Waals surface area contributed by atoms with Crippen LogP contribution in [0.3, 0.4) is 0 Å². The second-order valence-electron chi connectivity index (χ2n) is 5.85. The van der Waals surface area contributed by atoms with Crippen LogP contribution in [-0.4, -0.2) is 30.9 Å². The fraction of sp³-hybridized carbons (Fsp3) is 0.0556. The number of ether oxygens (including phenoxy) is 1. The van der Waals surface area contributed by atoms with E-state index in [2.05, 4.69) is 31.3 Å². The second kappa shape index (κ2) is 7.41. The molecule has 0 unspecified atom stereocenters. The van der Waals surface area contributed by atoms with E-state index in [9.17, 15) is 12.8 Å². The zero-order valence-corrected chi connectivity index (χ0v) is 17.2. The fourth-order valence-corrected chi connectivity index (χ4v) is 4.56. The number of halogens is 2. The molecule has 0 radical (unpaired) electrons. The van der Waals surface area contributed by atoms with Crippen molar-refractivity contribution in [3.63, 3.8) is 0 Å². The van der Waals surface area contributed by atoms with Gasteiger partial charge in [0.05, 0.1) is 28.9 Å². The first-order valence-electron chi connectivity index (χ1n) is 8.11. The molecule has 0 saturated carbocycles. The van der Waals surface area contributed by atoms with Crippen molar-refractivity contribution in [3.05, 3.63) is 65.3 Å². The molecule has 0 saturated heterocycles. The summed E-state index contributed by atoms with van der Waals surface area (Å²) in [7, 11) is -2.88. The lowest BCUT2D eigenvalue weighted by Crippen LogP contribution is -2.27. The maximum Gasteiger partial charge on any atom is 0.270 e. The summed E-state index contributed by atoms with van der Waals surface area (Å²) in [5.74, 6) is -0.604. The summed E-state index contributed by atoms with van der Waals surface area (Å²) in [4.78, 5) is -0.0496. The first-order valence-corrected chi connectivity index (χ1v) is 10.3. The molecule has 11 heteroatoms. The summed E-state index contributed by atoms with van der Waals surface area (Å²) in [5, 5.41) is 12.6.